The zero-order valence-corrected chi connectivity index (χ0v) is 19.7. The van der Waals surface area contributed by atoms with Crippen LogP contribution in [0.25, 0.3) is 10.8 Å². The normalized spacial score (nSPS) is 14.7. The number of amides is 2. The molecular formula is C28H27N3O2S. The molecule has 172 valence electrons. The van der Waals surface area contributed by atoms with Gasteiger partial charge in [-0.2, -0.15) is 0 Å². The molecule has 0 aliphatic heterocycles. The van der Waals surface area contributed by atoms with Crippen LogP contribution in [-0.2, 0) is 16.0 Å². The Bertz CT molecular complexity index is 1260. The predicted octanol–water partition coefficient (Wildman–Crippen LogP) is 5.67. The maximum Gasteiger partial charge on any atom is 0.248 e. The molecule has 5 rings (SSSR count). The van der Waals surface area contributed by atoms with E-state index in [1.807, 2.05) is 72.1 Å². The molecule has 5 nitrogen and oxygen atoms in total. The molecule has 2 amide bonds. The molecule has 2 heterocycles. The number of pyridine rings is 1. The molecule has 2 aromatic carbocycles. The zero-order valence-electron chi connectivity index (χ0n) is 18.9. The summed E-state index contributed by atoms with van der Waals surface area (Å²) in [5.41, 5.74) is 1.49. The van der Waals surface area contributed by atoms with Crippen molar-refractivity contribution >= 4 is 39.6 Å². The molecule has 4 aromatic rings. The number of benzene rings is 2. The quantitative estimate of drug-likeness (QED) is 0.379. The van der Waals surface area contributed by atoms with Crippen LogP contribution in [0.3, 0.4) is 0 Å². The third-order valence-electron chi connectivity index (χ3n) is 6.43. The number of carbonyl (C=O) groups excluding carboxylic acids is 2. The van der Waals surface area contributed by atoms with Gasteiger partial charge in [0.25, 0.3) is 0 Å². The number of aromatic nitrogens is 1. The minimum Gasteiger partial charge on any atom is -0.351 e. The lowest BCUT2D eigenvalue weighted by atomic mass is 10.0. The predicted molar refractivity (Wildman–Crippen MR) is 137 cm³/mol. The molecule has 1 aliphatic carbocycles. The first-order valence-electron chi connectivity index (χ1n) is 11.7. The van der Waals surface area contributed by atoms with Gasteiger partial charge in [-0.25, -0.2) is 0 Å². The van der Waals surface area contributed by atoms with Crippen LogP contribution < -0.4 is 10.2 Å². The van der Waals surface area contributed by atoms with Crippen molar-refractivity contribution in [3.63, 3.8) is 0 Å². The van der Waals surface area contributed by atoms with E-state index in [4.69, 9.17) is 0 Å². The average Bonchev–Trinajstić information content (AvgIpc) is 3.57. The van der Waals surface area contributed by atoms with Crippen molar-refractivity contribution in [3.05, 3.63) is 94.9 Å². The summed E-state index contributed by atoms with van der Waals surface area (Å²) >= 11 is 1.55. The number of thiophene rings is 1. The fourth-order valence-electron chi connectivity index (χ4n) is 4.80. The second-order valence-electron chi connectivity index (χ2n) is 8.69. The summed E-state index contributed by atoms with van der Waals surface area (Å²) in [6.45, 7) is 0. The van der Waals surface area contributed by atoms with E-state index in [0.717, 1.165) is 52.6 Å². The van der Waals surface area contributed by atoms with Crippen LogP contribution in [-0.4, -0.2) is 22.8 Å². The van der Waals surface area contributed by atoms with Gasteiger partial charge in [0.2, 0.25) is 11.8 Å². The van der Waals surface area contributed by atoms with E-state index >= 15 is 0 Å². The minimum atomic E-state index is -0.790. The van der Waals surface area contributed by atoms with Gasteiger partial charge in [-0.1, -0.05) is 55.3 Å². The van der Waals surface area contributed by atoms with Crippen LogP contribution in [0.1, 0.15) is 42.2 Å². The van der Waals surface area contributed by atoms with E-state index < -0.39 is 6.04 Å². The fourth-order valence-corrected chi connectivity index (χ4v) is 5.49. The summed E-state index contributed by atoms with van der Waals surface area (Å²) in [5, 5.41) is 7.18. The Kier molecular flexibility index (Phi) is 6.67. The van der Waals surface area contributed by atoms with Crippen molar-refractivity contribution in [1.29, 1.82) is 0 Å². The van der Waals surface area contributed by atoms with E-state index in [9.17, 15) is 9.59 Å². The standard InChI is InChI=1S/C28H27N3O2S/c32-26(19-23-11-6-18-34-23)31(25-13-5-8-20-7-1-4-12-24(20)25)27(21-14-16-29-17-15-21)28(33)30-22-9-2-3-10-22/h1,4-8,11-18,22,27H,2-3,9-10,19H2,(H,30,33). The molecule has 34 heavy (non-hydrogen) atoms. The van der Waals surface area contributed by atoms with Gasteiger partial charge in [0, 0.05) is 28.7 Å². The first-order chi connectivity index (χ1) is 16.7. The Morgan fingerprint density at radius 3 is 2.50 bits per heavy atom. The molecule has 1 aliphatic rings. The lowest BCUT2D eigenvalue weighted by Gasteiger charge is -2.33. The van der Waals surface area contributed by atoms with Gasteiger partial charge in [-0.05, 0) is 53.4 Å². The summed E-state index contributed by atoms with van der Waals surface area (Å²) < 4.78 is 0. The number of nitrogens with one attached hydrogen (secondary N) is 1. The number of hydrogen-bond donors (Lipinski definition) is 1. The summed E-state index contributed by atoms with van der Waals surface area (Å²) in [5.74, 6) is -0.257. The number of hydrogen-bond acceptors (Lipinski definition) is 4. The Labute approximate surface area is 203 Å². The van der Waals surface area contributed by atoms with E-state index in [1.54, 1.807) is 28.6 Å². The zero-order chi connectivity index (χ0) is 23.3. The van der Waals surface area contributed by atoms with Crippen molar-refractivity contribution in [3.8, 4) is 0 Å². The lowest BCUT2D eigenvalue weighted by molar-refractivity contribution is -0.126. The van der Waals surface area contributed by atoms with Crippen LogP contribution in [0, 0.1) is 0 Å². The van der Waals surface area contributed by atoms with Gasteiger partial charge in [-0.3, -0.25) is 19.5 Å². The van der Waals surface area contributed by atoms with E-state index in [-0.39, 0.29) is 24.3 Å². The second kappa shape index (κ2) is 10.2. The topological polar surface area (TPSA) is 62.3 Å². The van der Waals surface area contributed by atoms with Crippen LogP contribution in [0.4, 0.5) is 5.69 Å². The summed E-state index contributed by atoms with van der Waals surface area (Å²) in [7, 11) is 0. The van der Waals surface area contributed by atoms with Crippen LogP contribution >= 0.6 is 11.3 Å². The molecule has 0 radical (unpaired) electrons. The number of nitrogens with zero attached hydrogens (tertiary/aromatic N) is 2. The highest BCUT2D eigenvalue weighted by molar-refractivity contribution is 7.10. The highest BCUT2D eigenvalue weighted by atomic mass is 32.1. The molecule has 0 spiro atoms. The maximum atomic E-state index is 13.9. The molecule has 0 bridgehead atoms. The van der Waals surface area contributed by atoms with Crippen molar-refractivity contribution < 1.29 is 9.59 Å². The third kappa shape index (κ3) is 4.73. The minimum absolute atomic E-state index is 0.109. The van der Waals surface area contributed by atoms with Crippen molar-refractivity contribution in [2.75, 3.05) is 4.90 Å². The molecule has 1 N–H and O–H groups in total. The van der Waals surface area contributed by atoms with E-state index in [0.29, 0.717) is 0 Å². The first-order valence-corrected chi connectivity index (χ1v) is 12.6. The molecule has 2 aromatic heterocycles. The van der Waals surface area contributed by atoms with Crippen LogP contribution in [0.15, 0.2) is 84.5 Å². The second-order valence-corrected chi connectivity index (χ2v) is 9.72. The number of carbonyl (C=O) groups is 2. The van der Waals surface area contributed by atoms with Crippen molar-refractivity contribution in [2.24, 2.45) is 0 Å². The highest BCUT2D eigenvalue weighted by Crippen LogP contribution is 2.35. The smallest absolute Gasteiger partial charge is 0.248 e. The monoisotopic (exact) mass is 469 g/mol. The van der Waals surface area contributed by atoms with E-state index in [2.05, 4.69) is 10.3 Å². The number of rotatable bonds is 7. The molecule has 0 saturated heterocycles. The molecule has 6 heteroatoms. The third-order valence-corrected chi connectivity index (χ3v) is 7.31. The Balaban J connectivity index is 1.63. The first kappa shape index (κ1) is 22.3. The summed E-state index contributed by atoms with van der Waals surface area (Å²) in [4.78, 5) is 34.6. The van der Waals surface area contributed by atoms with Gasteiger partial charge in [0.15, 0.2) is 0 Å². The Morgan fingerprint density at radius 2 is 1.74 bits per heavy atom. The van der Waals surface area contributed by atoms with Crippen LogP contribution in [0.5, 0.6) is 0 Å². The van der Waals surface area contributed by atoms with Gasteiger partial charge >= 0.3 is 0 Å². The van der Waals surface area contributed by atoms with Gasteiger partial charge in [0.05, 0.1) is 12.1 Å². The molecule has 1 atom stereocenters. The molecule has 1 unspecified atom stereocenters. The van der Waals surface area contributed by atoms with E-state index in [1.165, 1.54) is 0 Å². The summed E-state index contributed by atoms with van der Waals surface area (Å²) in [6.07, 6.45) is 7.79. The molecular weight excluding hydrogens is 442 g/mol. The summed E-state index contributed by atoms with van der Waals surface area (Å²) in [6, 6.07) is 20.8. The largest absolute Gasteiger partial charge is 0.351 e. The van der Waals surface area contributed by atoms with Crippen LogP contribution in [0.2, 0.25) is 0 Å². The molecule has 1 saturated carbocycles. The average molecular weight is 470 g/mol. The van der Waals surface area contributed by atoms with Crippen molar-refractivity contribution in [2.45, 2.75) is 44.2 Å². The highest BCUT2D eigenvalue weighted by Gasteiger charge is 2.35. The van der Waals surface area contributed by atoms with Crippen molar-refractivity contribution in [1.82, 2.24) is 10.3 Å². The molecule has 1 fully saturated rings. The Hall–Kier alpha value is -3.51. The van der Waals surface area contributed by atoms with Gasteiger partial charge in [0.1, 0.15) is 6.04 Å². The number of fused-ring (bicyclic) bond motifs is 1. The SMILES string of the molecule is O=C(NC1CCCC1)C(c1ccncc1)N(C(=O)Cc1cccs1)c1cccc2ccccc12. The van der Waals surface area contributed by atoms with Gasteiger partial charge < -0.3 is 5.32 Å². The maximum absolute atomic E-state index is 13.9. The lowest BCUT2D eigenvalue weighted by Crippen LogP contribution is -2.47. The Morgan fingerprint density at radius 1 is 0.971 bits per heavy atom. The fraction of sp³-hybridized carbons (Fsp3) is 0.250. The van der Waals surface area contributed by atoms with Gasteiger partial charge in [-0.15, -0.1) is 11.3 Å². The number of anilines is 1.